The van der Waals surface area contributed by atoms with E-state index in [-0.39, 0.29) is 24.4 Å². The molecule has 1 aromatic rings. The number of aryl methyl sites for hydroxylation is 1. The number of rotatable bonds is 3. The van der Waals surface area contributed by atoms with Gasteiger partial charge in [0.1, 0.15) is 0 Å². The molecule has 5 heteroatoms. The molecule has 0 saturated carbocycles. The second kappa shape index (κ2) is 8.67. The largest absolute Gasteiger partial charge is 0.381 e. The fraction of sp³-hybridized carbons (Fsp3) is 0.611. The highest BCUT2D eigenvalue weighted by Gasteiger charge is 2.20. The molecule has 2 aliphatic heterocycles. The zero-order chi connectivity index (χ0) is 15.4. The van der Waals surface area contributed by atoms with Crippen molar-refractivity contribution in [1.82, 2.24) is 10.6 Å². The smallest absolute Gasteiger partial charge is 0.251 e. The lowest BCUT2D eigenvalue weighted by atomic mass is 9.88. The minimum absolute atomic E-state index is 0. The van der Waals surface area contributed by atoms with Gasteiger partial charge in [0.25, 0.3) is 5.91 Å². The molecule has 2 heterocycles. The zero-order valence-corrected chi connectivity index (χ0v) is 14.6. The second-order valence-electron chi connectivity index (χ2n) is 6.46. The van der Waals surface area contributed by atoms with Gasteiger partial charge in [-0.05, 0) is 68.8 Å². The maximum atomic E-state index is 12.5. The summed E-state index contributed by atoms with van der Waals surface area (Å²) in [7, 11) is 0. The van der Waals surface area contributed by atoms with Crippen LogP contribution < -0.4 is 10.6 Å². The highest BCUT2D eigenvalue weighted by Crippen LogP contribution is 2.26. The number of amides is 1. The van der Waals surface area contributed by atoms with E-state index in [2.05, 4.69) is 22.8 Å². The number of nitrogens with one attached hydrogen (secondary N) is 2. The molecule has 0 spiro atoms. The average Bonchev–Trinajstić information content (AvgIpc) is 2.56. The molecular weight excluding hydrogens is 312 g/mol. The lowest BCUT2D eigenvalue weighted by molar-refractivity contribution is 0.0696. The van der Waals surface area contributed by atoms with Gasteiger partial charge in [-0.15, -0.1) is 12.4 Å². The maximum Gasteiger partial charge on any atom is 0.251 e. The Morgan fingerprint density at radius 3 is 2.52 bits per heavy atom. The van der Waals surface area contributed by atoms with E-state index in [1.165, 1.54) is 18.4 Å². The topological polar surface area (TPSA) is 50.4 Å². The van der Waals surface area contributed by atoms with E-state index < -0.39 is 0 Å². The molecule has 2 saturated heterocycles. The van der Waals surface area contributed by atoms with Gasteiger partial charge in [0.05, 0.1) is 0 Å². The molecule has 3 rings (SSSR count). The van der Waals surface area contributed by atoms with Crippen molar-refractivity contribution in [1.29, 1.82) is 0 Å². The summed E-state index contributed by atoms with van der Waals surface area (Å²) < 4.78 is 5.34. The van der Waals surface area contributed by atoms with Crippen LogP contribution in [0.1, 0.15) is 53.1 Å². The van der Waals surface area contributed by atoms with Crippen LogP contribution in [-0.4, -0.2) is 38.3 Å². The summed E-state index contributed by atoms with van der Waals surface area (Å²) in [5.74, 6) is 0.689. The minimum atomic E-state index is 0. The Balaban J connectivity index is 0.00000192. The standard InChI is InChI=1S/C18H26N2O2.ClH/c1-13-12-15(14-4-8-19-9-5-14)2-3-17(13)18(21)20-16-6-10-22-11-7-16;/h2-3,12,14,16,19H,4-11H2,1H3,(H,20,21);1H. The third kappa shape index (κ3) is 4.69. The number of halogens is 1. The van der Waals surface area contributed by atoms with E-state index in [4.69, 9.17) is 4.74 Å². The molecule has 23 heavy (non-hydrogen) atoms. The lowest BCUT2D eigenvalue weighted by Crippen LogP contribution is -2.39. The van der Waals surface area contributed by atoms with Gasteiger partial charge in [0.2, 0.25) is 0 Å². The van der Waals surface area contributed by atoms with Crippen LogP contribution in [0, 0.1) is 6.92 Å². The predicted octanol–water partition coefficient (Wildman–Crippen LogP) is 2.79. The highest BCUT2D eigenvalue weighted by molar-refractivity contribution is 5.95. The van der Waals surface area contributed by atoms with Crippen LogP contribution >= 0.6 is 12.4 Å². The van der Waals surface area contributed by atoms with E-state index >= 15 is 0 Å². The molecule has 2 fully saturated rings. The fourth-order valence-electron chi connectivity index (χ4n) is 3.46. The molecule has 4 nitrogen and oxygen atoms in total. The van der Waals surface area contributed by atoms with Gasteiger partial charge in [-0.1, -0.05) is 12.1 Å². The van der Waals surface area contributed by atoms with Crippen LogP contribution in [0.3, 0.4) is 0 Å². The van der Waals surface area contributed by atoms with Crippen LogP contribution in [-0.2, 0) is 4.74 Å². The first kappa shape index (κ1) is 18.2. The molecule has 1 amide bonds. The van der Waals surface area contributed by atoms with Crippen LogP contribution in [0.25, 0.3) is 0 Å². The number of hydrogen-bond donors (Lipinski definition) is 2. The Morgan fingerprint density at radius 2 is 1.87 bits per heavy atom. The first-order valence-corrected chi connectivity index (χ1v) is 8.44. The van der Waals surface area contributed by atoms with Crippen LogP contribution in [0.4, 0.5) is 0 Å². The number of carbonyl (C=O) groups is 1. The molecule has 0 aromatic heterocycles. The normalized spacial score (nSPS) is 19.9. The van der Waals surface area contributed by atoms with Gasteiger partial charge in [-0.3, -0.25) is 4.79 Å². The van der Waals surface area contributed by atoms with Crippen molar-refractivity contribution in [3.8, 4) is 0 Å². The summed E-state index contributed by atoms with van der Waals surface area (Å²) in [6.07, 6.45) is 4.20. The van der Waals surface area contributed by atoms with E-state index in [1.54, 1.807) is 0 Å². The fourth-order valence-corrected chi connectivity index (χ4v) is 3.46. The maximum absolute atomic E-state index is 12.5. The Hall–Kier alpha value is -1.10. The zero-order valence-electron chi connectivity index (χ0n) is 13.8. The first-order chi connectivity index (χ1) is 10.7. The first-order valence-electron chi connectivity index (χ1n) is 8.44. The molecule has 128 valence electrons. The molecule has 0 bridgehead atoms. The summed E-state index contributed by atoms with van der Waals surface area (Å²) >= 11 is 0. The molecule has 0 atom stereocenters. The summed E-state index contributed by atoms with van der Waals surface area (Å²) in [4.78, 5) is 12.5. The molecule has 0 aliphatic carbocycles. The van der Waals surface area contributed by atoms with Gasteiger partial charge < -0.3 is 15.4 Å². The Bertz CT molecular complexity index is 524. The van der Waals surface area contributed by atoms with Gasteiger partial charge >= 0.3 is 0 Å². The van der Waals surface area contributed by atoms with Crippen molar-refractivity contribution >= 4 is 18.3 Å². The summed E-state index contributed by atoms with van der Waals surface area (Å²) in [6.45, 7) is 5.73. The highest BCUT2D eigenvalue weighted by atomic mass is 35.5. The minimum Gasteiger partial charge on any atom is -0.381 e. The number of benzene rings is 1. The van der Waals surface area contributed by atoms with E-state index in [9.17, 15) is 4.79 Å². The van der Waals surface area contributed by atoms with E-state index in [1.807, 2.05) is 13.0 Å². The molecule has 2 aliphatic rings. The van der Waals surface area contributed by atoms with Crippen LogP contribution in [0.2, 0.25) is 0 Å². The third-order valence-corrected chi connectivity index (χ3v) is 4.86. The van der Waals surface area contributed by atoms with Crippen molar-refractivity contribution < 1.29 is 9.53 Å². The van der Waals surface area contributed by atoms with Crippen molar-refractivity contribution in [2.24, 2.45) is 0 Å². The average molecular weight is 339 g/mol. The second-order valence-corrected chi connectivity index (χ2v) is 6.46. The molecule has 2 N–H and O–H groups in total. The van der Waals surface area contributed by atoms with Gasteiger partial charge in [0, 0.05) is 24.8 Å². The Labute approximate surface area is 144 Å². The predicted molar refractivity (Wildman–Crippen MR) is 94.6 cm³/mol. The van der Waals surface area contributed by atoms with Gasteiger partial charge in [0.15, 0.2) is 0 Å². The van der Waals surface area contributed by atoms with Crippen molar-refractivity contribution in [2.45, 2.75) is 44.6 Å². The van der Waals surface area contributed by atoms with Crippen LogP contribution in [0.5, 0.6) is 0 Å². The quantitative estimate of drug-likeness (QED) is 0.891. The molecular formula is C18H27ClN2O2. The number of carbonyl (C=O) groups excluding carboxylic acids is 1. The number of piperidine rings is 1. The van der Waals surface area contributed by atoms with Crippen molar-refractivity contribution in [2.75, 3.05) is 26.3 Å². The van der Waals surface area contributed by atoms with E-state index in [0.717, 1.165) is 50.3 Å². The lowest BCUT2D eigenvalue weighted by Gasteiger charge is -2.25. The third-order valence-electron chi connectivity index (χ3n) is 4.86. The molecule has 0 unspecified atom stereocenters. The monoisotopic (exact) mass is 338 g/mol. The van der Waals surface area contributed by atoms with E-state index in [0.29, 0.717) is 5.92 Å². The SMILES string of the molecule is Cc1cc(C2CCNCC2)ccc1C(=O)NC1CCOCC1.Cl. The summed E-state index contributed by atoms with van der Waals surface area (Å²) in [6, 6.07) is 6.60. The Morgan fingerprint density at radius 1 is 1.17 bits per heavy atom. The summed E-state index contributed by atoms with van der Waals surface area (Å²) in [5, 5.41) is 6.55. The Kier molecular flexibility index (Phi) is 6.88. The van der Waals surface area contributed by atoms with Gasteiger partial charge in [-0.25, -0.2) is 0 Å². The van der Waals surface area contributed by atoms with Gasteiger partial charge in [-0.2, -0.15) is 0 Å². The van der Waals surface area contributed by atoms with Crippen molar-refractivity contribution in [3.05, 3.63) is 34.9 Å². The number of ether oxygens (including phenoxy) is 1. The molecule has 1 aromatic carbocycles. The molecule has 0 radical (unpaired) electrons. The van der Waals surface area contributed by atoms with Crippen molar-refractivity contribution in [3.63, 3.8) is 0 Å². The summed E-state index contributed by atoms with van der Waals surface area (Å²) in [5.41, 5.74) is 3.27. The number of hydrogen-bond acceptors (Lipinski definition) is 3. The van der Waals surface area contributed by atoms with Crippen LogP contribution in [0.15, 0.2) is 18.2 Å².